The minimum Gasteiger partial charge on any atom is -0.496 e. The number of halogens is 1. The summed E-state index contributed by atoms with van der Waals surface area (Å²) in [4.78, 5) is 0. The Morgan fingerprint density at radius 1 is 1.40 bits per heavy atom. The zero-order valence-corrected chi connectivity index (χ0v) is 12.0. The smallest absolute Gasteiger partial charge is 0.136 e. The van der Waals surface area contributed by atoms with Crippen LogP contribution in [-0.2, 0) is 6.54 Å². The number of benzene rings is 1. The summed E-state index contributed by atoms with van der Waals surface area (Å²) < 4.78 is 19.3. The number of aromatic nitrogens is 2. The van der Waals surface area contributed by atoms with E-state index < -0.39 is 0 Å². The third-order valence-corrected chi connectivity index (χ3v) is 3.03. The molecule has 0 aliphatic rings. The predicted octanol–water partition coefficient (Wildman–Crippen LogP) is 2.97. The van der Waals surface area contributed by atoms with Crippen molar-refractivity contribution in [1.82, 2.24) is 15.5 Å². The normalized spacial score (nSPS) is 11.1. The number of methoxy groups -OCH3 is 1. The van der Waals surface area contributed by atoms with Crippen LogP contribution in [0.3, 0.4) is 0 Å². The lowest BCUT2D eigenvalue weighted by Gasteiger charge is -2.11. The van der Waals surface area contributed by atoms with Gasteiger partial charge in [0.25, 0.3) is 0 Å². The van der Waals surface area contributed by atoms with Crippen molar-refractivity contribution in [2.45, 2.75) is 20.4 Å². The molecule has 2 aromatic rings. The van der Waals surface area contributed by atoms with E-state index in [1.54, 1.807) is 18.3 Å². The highest BCUT2D eigenvalue weighted by Crippen LogP contribution is 2.33. The predicted molar refractivity (Wildman–Crippen MR) is 77.1 cm³/mol. The molecule has 0 saturated heterocycles. The highest BCUT2D eigenvalue weighted by molar-refractivity contribution is 5.70. The summed E-state index contributed by atoms with van der Waals surface area (Å²) >= 11 is 0. The molecule has 0 atom stereocenters. The van der Waals surface area contributed by atoms with Crippen LogP contribution in [0.25, 0.3) is 11.3 Å². The van der Waals surface area contributed by atoms with Crippen molar-refractivity contribution < 1.29 is 9.13 Å². The fourth-order valence-electron chi connectivity index (χ4n) is 2.07. The van der Waals surface area contributed by atoms with Crippen LogP contribution in [0.15, 0.2) is 24.4 Å². The Morgan fingerprint density at radius 3 is 2.90 bits per heavy atom. The van der Waals surface area contributed by atoms with Gasteiger partial charge < -0.3 is 10.1 Å². The van der Waals surface area contributed by atoms with Gasteiger partial charge in [0.2, 0.25) is 0 Å². The molecular weight excluding hydrogens is 257 g/mol. The van der Waals surface area contributed by atoms with Crippen molar-refractivity contribution in [3.05, 3.63) is 35.8 Å². The van der Waals surface area contributed by atoms with Gasteiger partial charge >= 0.3 is 0 Å². The van der Waals surface area contributed by atoms with E-state index in [0.717, 1.165) is 12.1 Å². The molecule has 0 unspecified atom stereocenters. The fourth-order valence-corrected chi connectivity index (χ4v) is 2.07. The average molecular weight is 277 g/mol. The molecule has 108 valence electrons. The van der Waals surface area contributed by atoms with E-state index in [2.05, 4.69) is 29.4 Å². The zero-order valence-electron chi connectivity index (χ0n) is 12.0. The van der Waals surface area contributed by atoms with Crippen molar-refractivity contribution in [1.29, 1.82) is 0 Å². The molecule has 0 spiro atoms. The van der Waals surface area contributed by atoms with Gasteiger partial charge in [0, 0.05) is 12.1 Å². The van der Waals surface area contributed by atoms with Crippen molar-refractivity contribution >= 4 is 0 Å². The van der Waals surface area contributed by atoms with Gasteiger partial charge in [0.15, 0.2) is 0 Å². The van der Waals surface area contributed by atoms with Crippen LogP contribution in [0, 0.1) is 11.7 Å². The van der Waals surface area contributed by atoms with Gasteiger partial charge in [-0.15, -0.1) is 0 Å². The van der Waals surface area contributed by atoms with E-state index in [1.807, 2.05) is 0 Å². The minimum atomic E-state index is -0.321. The van der Waals surface area contributed by atoms with Gasteiger partial charge in [-0.25, -0.2) is 4.39 Å². The Kier molecular flexibility index (Phi) is 4.74. The van der Waals surface area contributed by atoms with E-state index in [9.17, 15) is 4.39 Å². The van der Waals surface area contributed by atoms with Gasteiger partial charge in [0.1, 0.15) is 11.6 Å². The largest absolute Gasteiger partial charge is 0.496 e. The lowest BCUT2D eigenvalue weighted by molar-refractivity contribution is 0.413. The molecular formula is C15H20FN3O. The second-order valence-electron chi connectivity index (χ2n) is 5.11. The molecule has 0 bridgehead atoms. The zero-order chi connectivity index (χ0) is 14.5. The van der Waals surface area contributed by atoms with Gasteiger partial charge in [0.05, 0.1) is 24.6 Å². The Labute approximate surface area is 118 Å². The molecule has 1 aromatic carbocycles. The Morgan fingerprint density at radius 2 is 2.20 bits per heavy atom. The summed E-state index contributed by atoms with van der Waals surface area (Å²) in [5.74, 6) is 0.742. The third kappa shape index (κ3) is 3.17. The number of H-pyrrole nitrogens is 1. The molecule has 0 aliphatic carbocycles. The fraction of sp³-hybridized carbons (Fsp3) is 0.400. The van der Waals surface area contributed by atoms with Crippen LogP contribution in [0.4, 0.5) is 4.39 Å². The van der Waals surface area contributed by atoms with E-state index in [0.29, 0.717) is 29.5 Å². The SMILES string of the molecule is COc1cccc(F)c1-c1[nH]ncc1CNCC(C)C. The lowest BCUT2D eigenvalue weighted by atomic mass is 10.1. The molecule has 1 heterocycles. The first kappa shape index (κ1) is 14.5. The van der Waals surface area contributed by atoms with Gasteiger partial charge in [-0.1, -0.05) is 19.9 Å². The molecule has 1 aromatic heterocycles. The standard InChI is InChI=1S/C15H20FN3O/c1-10(2)7-17-8-11-9-18-19-15(11)14-12(16)5-4-6-13(14)20-3/h4-6,9-10,17H,7-8H2,1-3H3,(H,18,19). The molecule has 20 heavy (non-hydrogen) atoms. The van der Waals surface area contributed by atoms with Gasteiger partial charge in [-0.3, -0.25) is 5.10 Å². The first-order chi connectivity index (χ1) is 9.63. The quantitative estimate of drug-likeness (QED) is 0.853. The van der Waals surface area contributed by atoms with Crippen molar-refractivity contribution in [3.63, 3.8) is 0 Å². The molecule has 2 N–H and O–H groups in total. The maximum Gasteiger partial charge on any atom is 0.136 e. The highest BCUT2D eigenvalue weighted by atomic mass is 19.1. The van der Waals surface area contributed by atoms with Crippen LogP contribution in [-0.4, -0.2) is 23.9 Å². The summed E-state index contributed by atoms with van der Waals surface area (Å²) in [5, 5.41) is 10.2. The van der Waals surface area contributed by atoms with E-state index >= 15 is 0 Å². The number of ether oxygens (including phenoxy) is 1. The van der Waals surface area contributed by atoms with E-state index in [1.165, 1.54) is 13.2 Å². The molecule has 0 amide bonds. The minimum absolute atomic E-state index is 0.321. The number of aromatic amines is 1. The average Bonchev–Trinajstić information content (AvgIpc) is 2.86. The molecule has 0 saturated carbocycles. The first-order valence-electron chi connectivity index (χ1n) is 6.69. The van der Waals surface area contributed by atoms with Crippen LogP contribution in [0.5, 0.6) is 5.75 Å². The summed E-state index contributed by atoms with van der Waals surface area (Å²) in [6.45, 7) is 5.83. The summed E-state index contributed by atoms with van der Waals surface area (Å²) in [7, 11) is 1.53. The number of nitrogens with zero attached hydrogens (tertiary/aromatic N) is 1. The number of hydrogen-bond donors (Lipinski definition) is 2. The molecule has 2 rings (SSSR count). The van der Waals surface area contributed by atoms with Crippen molar-refractivity contribution in [2.75, 3.05) is 13.7 Å². The molecule has 0 aliphatic heterocycles. The third-order valence-electron chi connectivity index (χ3n) is 3.03. The number of rotatable bonds is 6. The topological polar surface area (TPSA) is 49.9 Å². The van der Waals surface area contributed by atoms with E-state index in [4.69, 9.17) is 4.74 Å². The molecule has 5 heteroatoms. The maximum absolute atomic E-state index is 14.1. The monoisotopic (exact) mass is 277 g/mol. The second kappa shape index (κ2) is 6.52. The van der Waals surface area contributed by atoms with Crippen molar-refractivity contribution in [3.8, 4) is 17.0 Å². The Bertz CT molecular complexity index is 566. The van der Waals surface area contributed by atoms with Crippen molar-refractivity contribution in [2.24, 2.45) is 5.92 Å². The second-order valence-corrected chi connectivity index (χ2v) is 5.11. The number of nitrogens with one attached hydrogen (secondary N) is 2. The summed E-state index contributed by atoms with van der Waals surface area (Å²) in [6.07, 6.45) is 1.72. The van der Waals surface area contributed by atoms with Gasteiger partial charge in [-0.05, 0) is 24.6 Å². The van der Waals surface area contributed by atoms with Crippen LogP contribution >= 0.6 is 0 Å². The van der Waals surface area contributed by atoms with Crippen LogP contribution < -0.4 is 10.1 Å². The molecule has 4 nitrogen and oxygen atoms in total. The molecule has 0 fully saturated rings. The maximum atomic E-state index is 14.1. The Hall–Kier alpha value is -1.88. The molecule has 0 radical (unpaired) electrons. The summed E-state index contributed by atoms with van der Waals surface area (Å²) in [5.41, 5.74) is 2.01. The van der Waals surface area contributed by atoms with Crippen LogP contribution in [0.1, 0.15) is 19.4 Å². The van der Waals surface area contributed by atoms with Gasteiger partial charge in [-0.2, -0.15) is 5.10 Å². The number of hydrogen-bond acceptors (Lipinski definition) is 3. The Balaban J connectivity index is 2.28. The lowest BCUT2D eigenvalue weighted by Crippen LogP contribution is -2.19. The van der Waals surface area contributed by atoms with E-state index in [-0.39, 0.29) is 5.82 Å². The first-order valence-corrected chi connectivity index (χ1v) is 6.69. The van der Waals surface area contributed by atoms with Crippen LogP contribution in [0.2, 0.25) is 0 Å². The summed E-state index contributed by atoms with van der Waals surface area (Å²) in [6, 6.07) is 4.79. The highest BCUT2D eigenvalue weighted by Gasteiger charge is 2.16.